The van der Waals surface area contributed by atoms with Crippen LogP contribution in [0.25, 0.3) is 22.6 Å². The van der Waals surface area contributed by atoms with E-state index in [0.717, 1.165) is 0 Å². The number of nitrogens with two attached hydrogens (primary N) is 2. The zero-order chi connectivity index (χ0) is 20.8. The molecule has 29 heavy (non-hydrogen) atoms. The molecule has 3 aromatic heterocycles. The van der Waals surface area contributed by atoms with E-state index in [9.17, 15) is 14.7 Å². The molecule has 0 aromatic carbocycles. The molecule has 10 heteroatoms. The van der Waals surface area contributed by atoms with Crippen molar-refractivity contribution in [3.05, 3.63) is 48.0 Å². The highest BCUT2D eigenvalue weighted by Gasteiger charge is 2.48. The van der Waals surface area contributed by atoms with E-state index in [0.29, 0.717) is 29.2 Å². The second-order valence-corrected chi connectivity index (χ2v) is 6.84. The first-order valence-corrected chi connectivity index (χ1v) is 8.78. The SMILES string of the molecule is CN1CCC(O)(c2cc(-c3ccnc(-c4ccc(N)c(C(N)=O)n4)c3)no2)C1=O. The molecule has 0 bridgehead atoms. The zero-order valence-corrected chi connectivity index (χ0v) is 15.5. The highest BCUT2D eigenvalue weighted by Crippen LogP contribution is 2.35. The Balaban J connectivity index is 1.69. The normalized spacial score (nSPS) is 19.0. The fourth-order valence-corrected chi connectivity index (χ4v) is 3.23. The third-order valence-corrected chi connectivity index (χ3v) is 4.91. The second kappa shape index (κ2) is 6.67. The lowest BCUT2D eigenvalue weighted by Crippen LogP contribution is -2.35. The number of rotatable bonds is 4. The second-order valence-electron chi connectivity index (χ2n) is 6.84. The molecule has 1 unspecified atom stereocenters. The van der Waals surface area contributed by atoms with Crippen LogP contribution in [0.5, 0.6) is 0 Å². The van der Waals surface area contributed by atoms with E-state index >= 15 is 0 Å². The maximum Gasteiger partial charge on any atom is 0.269 e. The summed E-state index contributed by atoms with van der Waals surface area (Å²) in [5.74, 6) is -1.08. The first kappa shape index (κ1) is 18.6. The molecule has 1 fully saturated rings. The summed E-state index contributed by atoms with van der Waals surface area (Å²) in [6.07, 6.45) is 1.77. The standard InChI is InChI=1S/C19H18N6O4/c1-25-7-5-19(28,18(25)27)15-9-13(24-29-15)10-4-6-22-14(8-10)12-3-2-11(20)16(23-12)17(21)26/h2-4,6,8-9,28H,5,7,20H2,1H3,(H2,21,26). The molecule has 0 saturated carbocycles. The van der Waals surface area contributed by atoms with E-state index in [1.807, 2.05) is 0 Å². The number of amides is 2. The summed E-state index contributed by atoms with van der Waals surface area (Å²) in [7, 11) is 1.62. The number of likely N-dealkylation sites (tertiary alicyclic amines) is 1. The lowest BCUT2D eigenvalue weighted by atomic mass is 9.98. The van der Waals surface area contributed by atoms with Crippen molar-refractivity contribution in [3.8, 4) is 22.6 Å². The molecule has 2 amide bonds. The van der Waals surface area contributed by atoms with Gasteiger partial charge in [-0.1, -0.05) is 5.16 Å². The highest BCUT2D eigenvalue weighted by atomic mass is 16.5. The Bertz CT molecular complexity index is 1130. The Morgan fingerprint density at radius 3 is 2.72 bits per heavy atom. The number of nitrogen functional groups attached to an aromatic ring is 1. The van der Waals surface area contributed by atoms with Gasteiger partial charge in [0, 0.05) is 37.8 Å². The molecule has 1 saturated heterocycles. The minimum atomic E-state index is -1.72. The fraction of sp³-hybridized carbons (Fsp3) is 0.211. The van der Waals surface area contributed by atoms with Gasteiger partial charge in [0.25, 0.3) is 11.8 Å². The summed E-state index contributed by atoms with van der Waals surface area (Å²) in [5, 5.41) is 14.7. The zero-order valence-electron chi connectivity index (χ0n) is 15.5. The molecule has 3 aromatic rings. The maximum atomic E-state index is 12.2. The number of likely N-dealkylation sites (N-methyl/N-ethyl adjacent to an activating group) is 1. The van der Waals surface area contributed by atoms with Gasteiger partial charge in [-0.25, -0.2) is 4.98 Å². The topological polar surface area (TPSA) is 161 Å². The molecular formula is C19H18N6O4. The monoisotopic (exact) mass is 394 g/mol. The van der Waals surface area contributed by atoms with Crippen LogP contribution in [0.3, 0.4) is 0 Å². The van der Waals surface area contributed by atoms with Crippen LogP contribution in [-0.4, -0.2) is 50.5 Å². The molecule has 0 radical (unpaired) electrons. The molecule has 5 N–H and O–H groups in total. The highest BCUT2D eigenvalue weighted by molar-refractivity contribution is 5.96. The van der Waals surface area contributed by atoms with Gasteiger partial charge < -0.3 is 26.0 Å². The summed E-state index contributed by atoms with van der Waals surface area (Å²) in [6, 6.07) is 8.07. The van der Waals surface area contributed by atoms with Crippen LogP contribution in [0.15, 0.2) is 41.1 Å². The van der Waals surface area contributed by atoms with Crippen molar-refractivity contribution in [3.63, 3.8) is 0 Å². The maximum absolute atomic E-state index is 12.2. The van der Waals surface area contributed by atoms with Crippen molar-refractivity contribution < 1.29 is 19.2 Å². The minimum Gasteiger partial charge on any atom is -0.397 e. The summed E-state index contributed by atoms with van der Waals surface area (Å²) in [6.45, 7) is 0.426. The third kappa shape index (κ3) is 3.09. The number of carbonyl (C=O) groups is 2. The van der Waals surface area contributed by atoms with Crippen LogP contribution in [-0.2, 0) is 10.4 Å². The molecule has 1 atom stereocenters. The number of carbonyl (C=O) groups excluding carboxylic acids is 2. The van der Waals surface area contributed by atoms with Crippen molar-refractivity contribution in [2.24, 2.45) is 5.73 Å². The molecule has 1 aliphatic heterocycles. The molecule has 4 heterocycles. The van der Waals surface area contributed by atoms with Gasteiger partial charge in [-0.05, 0) is 24.3 Å². The van der Waals surface area contributed by atoms with Crippen LogP contribution in [0.1, 0.15) is 22.7 Å². The number of hydrogen-bond donors (Lipinski definition) is 3. The Kier molecular flexibility index (Phi) is 4.27. The quantitative estimate of drug-likeness (QED) is 0.577. The van der Waals surface area contributed by atoms with E-state index in [4.69, 9.17) is 16.0 Å². The largest absolute Gasteiger partial charge is 0.397 e. The number of pyridine rings is 2. The number of anilines is 1. The van der Waals surface area contributed by atoms with Crippen LogP contribution < -0.4 is 11.5 Å². The van der Waals surface area contributed by atoms with Crippen molar-refractivity contribution >= 4 is 17.5 Å². The minimum absolute atomic E-state index is 0.0375. The van der Waals surface area contributed by atoms with Gasteiger partial charge in [-0.15, -0.1) is 0 Å². The van der Waals surface area contributed by atoms with Gasteiger partial charge >= 0.3 is 0 Å². The molecule has 148 valence electrons. The summed E-state index contributed by atoms with van der Waals surface area (Å²) >= 11 is 0. The van der Waals surface area contributed by atoms with Crippen LogP contribution in [0, 0.1) is 0 Å². The van der Waals surface area contributed by atoms with E-state index in [-0.39, 0.29) is 23.6 Å². The number of hydrogen-bond acceptors (Lipinski definition) is 8. The van der Waals surface area contributed by atoms with Crippen molar-refractivity contribution in [2.75, 3.05) is 19.3 Å². The van der Waals surface area contributed by atoms with Crippen LogP contribution in [0.2, 0.25) is 0 Å². The lowest BCUT2D eigenvalue weighted by Gasteiger charge is -2.16. The van der Waals surface area contributed by atoms with E-state index in [1.54, 1.807) is 31.4 Å². The average Bonchev–Trinajstić information content (AvgIpc) is 3.31. The molecule has 0 aliphatic carbocycles. The number of nitrogens with zero attached hydrogens (tertiary/aromatic N) is 4. The smallest absolute Gasteiger partial charge is 0.269 e. The van der Waals surface area contributed by atoms with Gasteiger partial charge in [-0.2, -0.15) is 0 Å². The molecule has 10 nitrogen and oxygen atoms in total. The predicted molar refractivity (Wildman–Crippen MR) is 102 cm³/mol. The Morgan fingerprint density at radius 2 is 2.03 bits per heavy atom. The average molecular weight is 394 g/mol. The van der Waals surface area contributed by atoms with Crippen molar-refractivity contribution in [1.82, 2.24) is 20.0 Å². The third-order valence-electron chi connectivity index (χ3n) is 4.91. The first-order valence-electron chi connectivity index (χ1n) is 8.78. The summed E-state index contributed by atoms with van der Waals surface area (Å²) in [4.78, 5) is 33.6. The van der Waals surface area contributed by atoms with E-state index in [2.05, 4.69) is 15.1 Å². The van der Waals surface area contributed by atoms with Crippen molar-refractivity contribution in [2.45, 2.75) is 12.0 Å². The molecule has 4 rings (SSSR count). The van der Waals surface area contributed by atoms with Gasteiger partial charge in [0.1, 0.15) is 5.69 Å². The molecular weight excluding hydrogens is 376 g/mol. The fourth-order valence-electron chi connectivity index (χ4n) is 3.23. The Hall–Kier alpha value is -3.79. The number of aliphatic hydroxyl groups is 1. The summed E-state index contributed by atoms with van der Waals surface area (Å²) < 4.78 is 5.28. The van der Waals surface area contributed by atoms with Crippen LogP contribution in [0.4, 0.5) is 5.69 Å². The van der Waals surface area contributed by atoms with Crippen molar-refractivity contribution in [1.29, 1.82) is 0 Å². The van der Waals surface area contributed by atoms with E-state index < -0.39 is 17.4 Å². The predicted octanol–water partition coefficient (Wildman–Crippen LogP) is 0.529. The summed E-state index contributed by atoms with van der Waals surface area (Å²) in [5.41, 5.74) is 11.4. The number of primary amides is 1. The van der Waals surface area contributed by atoms with Gasteiger partial charge in [0.15, 0.2) is 11.5 Å². The Morgan fingerprint density at radius 1 is 1.24 bits per heavy atom. The lowest BCUT2D eigenvalue weighted by molar-refractivity contribution is -0.144. The van der Waals surface area contributed by atoms with Gasteiger partial charge in [0.05, 0.1) is 17.1 Å². The van der Waals surface area contributed by atoms with Gasteiger partial charge in [-0.3, -0.25) is 14.6 Å². The van der Waals surface area contributed by atoms with Gasteiger partial charge in [0.2, 0.25) is 5.60 Å². The van der Waals surface area contributed by atoms with Crippen LogP contribution >= 0.6 is 0 Å². The molecule has 1 aliphatic rings. The molecule has 0 spiro atoms. The first-order chi connectivity index (χ1) is 13.8. The number of aromatic nitrogens is 3. The Labute approximate surface area is 165 Å². The van der Waals surface area contributed by atoms with E-state index in [1.165, 1.54) is 17.0 Å².